The highest BCUT2D eigenvalue weighted by atomic mass is 16.5. The zero-order valence-electron chi connectivity index (χ0n) is 10.8. The Hall–Kier alpha value is -1.48. The molecule has 0 amide bonds. The van der Waals surface area contributed by atoms with Crippen LogP contribution in [0.4, 0.5) is 0 Å². The van der Waals surface area contributed by atoms with Crippen LogP contribution in [0.1, 0.15) is 26.3 Å². The minimum absolute atomic E-state index is 0.0971. The molecule has 1 unspecified atom stereocenters. The Morgan fingerprint density at radius 3 is 2.41 bits per heavy atom. The Morgan fingerprint density at radius 2 is 1.94 bits per heavy atom. The number of hydrogen-bond donors (Lipinski definition) is 2. The molecule has 0 bridgehead atoms. The average molecular weight is 236 g/mol. The van der Waals surface area contributed by atoms with Crippen molar-refractivity contribution in [3.05, 3.63) is 29.8 Å². The van der Waals surface area contributed by atoms with E-state index in [0.29, 0.717) is 5.75 Å². The summed E-state index contributed by atoms with van der Waals surface area (Å²) >= 11 is 0. The highest BCUT2D eigenvalue weighted by Crippen LogP contribution is 2.27. The number of rotatable bonds is 3. The number of aromatic hydroxyl groups is 1. The van der Waals surface area contributed by atoms with Gasteiger partial charge in [0.1, 0.15) is 0 Å². The molecule has 1 rings (SSSR count). The average Bonchev–Trinajstić information content (AvgIpc) is 2.24. The smallest absolute Gasteiger partial charge is 0.160 e. The largest absolute Gasteiger partial charge is 0.504 e. The highest BCUT2D eigenvalue weighted by Gasteiger charge is 2.18. The molecule has 0 saturated heterocycles. The minimum Gasteiger partial charge on any atom is -0.504 e. The fraction of sp³-hybridized carbons (Fsp3) is 0.429. The van der Waals surface area contributed by atoms with E-state index >= 15 is 0 Å². The third kappa shape index (κ3) is 3.79. The van der Waals surface area contributed by atoms with Crippen LogP contribution in [0.2, 0.25) is 0 Å². The fourth-order valence-corrected chi connectivity index (χ4v) is 1.30. The van der Waals surface area contributed by atoms with E-state index in [1.807, 2.05) is 26.8 Å². The monoisotopic (exact) mass is 236 g/mol. The van der Waals surface area contributed by atoms with Gasteiger partial charge in [-0.1, -0.05) is 39.0 Å². The molecule has 3 heteroatoms. The van der Waals surface area contributed by atoms with Crippen LogP contribution in [-0.4, -0.2) is 23.4 Å². The second kappa shape index (κ2) is 5.23. The predicted octanol–water partition coefficient (Wildman–Crippen LogP) is 2.82. The number of hydrogen-bond acceptors (Lipinski definition) is 3. The van der Waals surface area contributed by atoms with E-state index in [2.05, 4.69) is 0 Å². The Kier molecular flexibility index (Phi) is 4.18. The minimum atomic E-state index is -0.522. The van der Waals surface area contributed by atoms with Crippen LogP contribution in [0, 0.1) is 5.41 Å². The van der Waals surface area contributed by atoms with Crippen LogP contribution in [0.3, 0.4) is 0 Å². The summed E-state index contributed by atoms with van der Waals surface area (Å²) in [7, 11) is 1.51. The third-order valence-electron chi connectivity index (χ3n) is 2.56. The van der Waals surface area contributed by atoms with Crippen molar-refractivity contribution in [2.45, 2.75) is 26.9 Å². The number of aliphatic hydroxyl groups is 1. The van der Waals surface area contributed by atoms with Gasteiger partial charge in [0, 0.05) is 0 Å². The molecule has 0 saturated carbocycles. The zero-order valence-corrected chi connectivity index (χ0v) is 10.8. The first-order valence-electron chi connectivity index (χ1n) is 5.58. The first kappa shape index (κ1) is 13.6. The van der Waals surface area contributed by atoms with Crippen molar-refractivity contribution < 1.29 is 14.9 Å². The third-order valence-corrected chi connectivity index (χ3v) is 2.56. The van der Waals surface area contributed by atoms with Crippen molar-refractivity contribution in [2.24, 2.45) is 5.41 Å². The molecule has 0 aromatic heterocycles. The first-order chi connectivity index (χ1) is 7.84. The van der Waals surface area contributed by atoms with Crippen molar-refractivity contribution in [1.29, 1.82) is 0 Å². The van der Waals surface area contributed by atoms with Crippen LogP contribution >= 0.6 is 0 Å². The standard InChI is InChI=1S/C14H20O3/c1-14(2,3)13(16)8-6-10-5-7-12(17-4)11(15)9-10/h5-9,13,15-16H,1-4H3/b8-6+. The molecule has 1 atom stereocenters. The number of ether oxygens (including phenoxy) is 1. The topological polar surface area (TPSA) is 49.7 Å². The van der Waals surface area contributed by atoms with Gasteiger partial charge in [0.2, 0.25) is 0 Å². The molecule has 1 aromatic rings. The van der Waals surface area contributed by atoms with Gasteiger partial charge in [-0.25, -0.2) is 0 Å². The van der Waals surface area contributed by atoms with E-state index in [0.717, 1.165) is 5.56 Å². The fourth-order valence-electron chi connectivity index (χ4n) is 1.30. The number of aliphatic hydroxyl groups excluding tert-OH is 1. The van der Waals surface area contributed by atoms with Gasteiger partial charge in [0.15, 0.2) is 11.5 Å². The summed E-state index contributed by atoms with van der Waals surface area (Å²) in [5.41, 5.74) is 0.636. The molecule has 3 nitrogen and oxygen atoms in total. The van der Waals surface area contributed by atoms with E-state index in [9.17, 15) is 10.2 Å². The molecule has 1 aromatic carbocycles. The van der Waals surface area contributed by atoms with Gasteiger partial charge in [-0.05, 0) is 23.1 Å². The van der Waals surface area contributed by atoms with Gasteiger partial charge in [0.05, 0.1) is 13.2 Å². The van der Waals surface area contributed by atoms with Crippen molar-refractivity contribution in [2.75, 3.05) is 7.11 Å². The molecule has 2 N–H and O–H groups in total. The molecule has 0 aliphatic heterocycles. The summed E-state index contributed by atoms with van der Waals surface area (Å²) in [5, 5.41) is 19.4. The van der Waals surface area contributed by atoms with Crippen molar-refractivity contribution in [3.8, 4) is 11.5 Å². The van der Waals surface area contributed by atoms with Crippen molar-refractivity contribution in [1.82, 2.24) is 0 Å². The molecule has 94 valence electrons. The van der Waals surface area contributed by atoms with E-state index in [-0.39, 0.29) is 11.2 Å². The lowest BCUT2D eigenvalue weighted by molar-refractivity contribution is 0.106. The number of phenols is 1. The van der Waals surface area contributed by atoms with Crippen LogP contribution in [0.15, 0.2) is 24.3 Å². The van der Waals surface area contributed by atoms with Gasteiger partial charge in [0.25, 0.3) is 0 Å². The van der Waals surface area contributed by atoms with E-state index in [1.165, 1.54) is 7.11 Å². The lowest BCUT2D eigenvalue weighted by atomic mass is 9.89. The van der Waals surface area contributed by atoms with Crippen molar-refractivity contribution in [3.63, 3.8) is 0 Å². The maximum Gasteiger partial charge on any atom is 0.160 e. The number of benzene rings is 1. The number of phenolic OH excluding ortho intramolecular Hbond substituents is 1. The highest BCUT2D eigenvalue weighted by molar-refractivity contribution is 5.55. The summed E-state index contributed by atoms with van der Waals surface area (Å²) in [6.07, 6.45) is 2.99. The van der Waals surface area contributed by atoms with Crippen LogP contribution in [0.25, 0.3) is 6.08 Å². The quantitative estimate of drug-likeness (QED) is 0.848. The summed E-state index contributed by atoms with van der Waals surface area (Å²) in [5.74, 6) is 0.540. The number of methoxy groups -OCH3 is 1. The van der Waals surface area contributed by atoms with E-state index < -0.39 is 6.10 Å². The molecule has 0 fully saturated rings. The maximum atomic E-state index is 9.84. The molecule has 17 heavy (non-hydrogen) atoms. The van der Waals surface area contributed by atoms with Crippen LogP contribution in [-0.2, 0) is 0 Å². The second-order valence-corrected chi connectivity index (χ2v) is 5.10. The Balaban J connectivity index is 2.82. The van der Waals surface area contributed by atoms with Crippen LogP contribution < -0.4 is 4.74 Å². The summed E-state index contributed by atoms with van der Waals surface area (Å²) in [4.78, 5) is 0. The molecule has 0 radical (unpaired) electrons. The molecular formula is C14H20O3. The predicted molar refractivity (Wildman–Crippen MR) is 69.2 cm³/mol. The summed E-state index contributed by atoms with van der Waals surface area (Å²) in [6, 6.07) is 5.12. The molecule has 0 aliphatic carbocycles. The van der Waals surface area contributed by atoms with Gasteiger partial charge in [-0.15, -0.1) is 0 Å². The van der Waals surface area contributed by atoms with Gasteiger partial charge in [-0.2, -0.15) is 0 Å². The van der Waals surface area contributed by atoms with E-state index in [4.69, 9.17) is 4.74 Å². The zero-order chi connectivity index (χ0) is 13.1. The Morgan fingerprint density at radius 1 is 1.29 bits per heavy atom. The lowest BCUT2D eigenvalue weighted by Gasteiger charge is -2.22. The summed E-state index contributed by atoms with van der Waals surface area (Å²) in [6.45, 7) is 5.90. The molecule has 0 aliphatic rings. The molecular weight excluding hydrogens is 216 g/mol. The SMILES string of the molecule is COc1ccc(/C=C/C(O)C(C)(C)C)cc1O. The van der Waals surface area contributed by atoms with Crippen molar-refractivity contribution >= 4 is 6.08 Å². The second-order valence-electron chi connectivity index (χ2n) is 5.10. The lowest BCUT2D eigenvalue weighted by Crippen LogP contribution is -2.23. The Bertz CT molecular complexity index is 402. The van der Waals surface area contributed by atoms with E-state index in [1.54, 1.807) is 24.3 Å². The van der Waals surface area contributed by atoms with Gasteiger partial charge < -0.3 is 14.9 Å². The first-order valence-corrected chi connectivity index (χ1v) is 5.58. The molecule has 0 heterocycles. The maximum absolute atomic E-state index is 9.84. The van der Waals surface area contributed by atoms with Gasteiger partial charge in [-0.3, -0.25) is 0 Å². The molecule has 0 spiro atoms. The van der Waals surface area contributed by atoms with Gasteiger partial charge >= 0.3 is 0 Å². The Labute approximate surface area is 102 Å². The van der Waals surface area contributed by atoms with Crippen LogP contribution in [0.5, 0.6) is 11.5 Å². The summed E-state index contributed by atoms with van der Waals surface area (Å²) < 4.78 is 4.96. The normalized spacial score (nSPS) is 13.9.